The maximum atomic E-state index is 10.4. The summed E-state index contributed by atoms with van der Waals surface area (Å²) >= 11 is 2.60. The predicted molar refractivity (Wildman–Crippen MR) is 67.7 cm³/mol. The Labute approximate surface area is 105 Å². The molecule has 5 nitrogen and oxygen atoms in total. The third-order valence-corrected chi connectivity index (χ3v) is 4.06. The summed E-state index contributed by atoms with van der Waals surface area (Å²) in [4.78, 5) is 25.0. The first-order valence-electron chi connectivity index (χ1n) is 4.64. The Hall–Kier alpha value is -1.60. The molecule has 0 aliphatic carbocycles. The number of anilines is 1. The molecule has 2 N–H and O–H groups in total. The molecule has 1 amide bonds. The number of carbonyl (C=O) groups is 2. The zero-order valence-corrected chi connectivity index (χ0v) is 10.2. The highest BCUT2D eigenvalue weighted by Crippen LogP contribution is 2.30. The van der Waals surface area contributed by atoms with Gasteiger partial charge in [0.2, 0.25) is 6.41 Å². The zero-order chi connectivity index (χ0) is 12.3. The number of rotatable bonds is 5. The Bertz CT molecular complexity index is 568. The minimum atomic E-state index is -0.863. The fraction of sp³-hybridized carbons (Fsp3) is 0.100. The van der Waals surface area contributed by atoms with Crippen molar-refractivity contribution >= 4 is 51.4 Å². The summed E-state index contributed by atoms with van der Waals surface area (Å²) < 4.78 is 1.63. The molecule has 0 atom stereocenters. The van der Waals surface area contributed by atoms with Crippen LogP contribution < -0.4 is 5.32 Å². The van der Waals surface area contributed by atoms with E-state index in [1.165, 1.54) is 23.1 Å². The molecular weight excluding hydrogens is 260 g/mol. The molecule has 7 heteroatoms. The monoisotopic (exact) mass is 268 g/mol. The number of nitrogens with one attached hydrogen (secondary N) is 1. The highest BCUT2D eigenvalue weighted by Gasteiger charge is 2.07. The Kier molecular flexibility index (Phi) is 3.60. The van der Waals surface area contributed by atoms with E-state index in [-0.39, 0.29) is 5.75 Å². The topological polar surface area (TPSA) is 79.3 Å². The van der Waals surface area contributed by atoms with E-state index in [0.717, 1.165) is 10.2 Å². The van der Waals surface area contributed by atoms with Crippen molar-refractivity contribution in [2.75, 3.05) is 11.1 Å². The largest absolute Gasteiger partial charge is 0.481 e. The van der Waals surface area contributed by atoms with E-state index in [1.54, 1.807) is 12.1 Å². The number of aromatic nitrogens is 1. The van der Waals surface area contributed by atoms with E-state index >= 15 is 0 Å². The van der Waals surface area contributed by atoms with Crippen molar-refractivity contribution in [2.24, 2.45) is 0 Å². The van der Waals surface area contributed by atoms with Crippen LogP contribution >= 0.6 is 23.1 Å². The Morgan fingerprint density at radius 3 is 3.12 bits per heavy atom. The van der Waals surface area contributed by atoms with Gasteiger partial charge >= 0.3 is 5.97 Å². The van der Waals surface area contributed by atoms with Gasteiger partial charge in [0, 0.05) is 5.69 Å². The number of carboxylic acid groups (broad SMARTS) is 1. The SMILES string of the molecule is O=CNc1ccc2nc(SCC(=O)O)sc2c1. The average molecular weight is 268 g/mol. The van der Waals surface area contributed by atoms with Gasteiger partial charge in [0.1, 0.15) is 0 Å². The highest BCUT2D eigenvalue weighted by atomic mass is 32.2. The van der Waals surface area contributed by atoms with Gasteiger partial charge in [-0.15, -0.1) is 11.3 Å². The molecule has 0 spiro atoms. The number of aliphatic carboxylic acids is 1. The molecule has 0 unspecified atom stereocenters. The fourth-order valence-electron chi connectivity index (χ4n) is 1.25. The molecule has 0 saturated heterocycles. The molecule has 0 saturated carbocycles. The number of carbonyl (C=O) groups excluding carboxylic acids is 1. The molecule has 88 valence electrons. The second-order valence-electron chi connectivity index (χ2n) is 3.11. The zero-order valence-electron chi connectivity index (χ0n) is 8.54. The molecule has 0 fully saturated rings. The number of hydrogen-bond acceptors (Lipinski definition) is 5. The standard InChI is InChI=1S/C10H8N2O3S2/c13-5-11-6-1-2-7-8(3-6)17-10(12-7)16-4-9(14)15/h1-3,5H,4H2,(H,11,13)(H,14,15). The molecule has 1 aromatic heterocycles. The van der Waals surface area contributed by atoms with Gasteiger partial charge in [-0.2, -0.15) is 0 Å². The lowest BCUT2D eigenvalue weighted by Gasteiger charge is -1.95. The summed E-state index contributed by atoms with van der Waals surface area (Å²) in [7, 11) is 0. The summed E-state index contributed by atoms with van der Waals surface area (Å²) in [6.07, 6.45) is 0.613. The van der Waals surface area contributed by atoms with Crippen molar-refractivity contribution in [1.29, 1.82) is 0 Å². The summed E-state index contributed by atoms with van der Waals surface area (Å²) in [6, 6.07) is 5.36. The van der Waals surface area contributed by atoms with Crippen LogP contribution in [0.4, 0.5) is 5.69 Å². The van der Waals surface area contributed by atoms with E-state index in [4.69, 9.17) is 5.11 Å². The average Bonchev–Trinajstić information content (AvgIpc) is 2.69. The molecule has 0 aliphatic heterocycles. The van der Waals surface area contributed by atoms with Crippen LogP contribution in [0, 0.1) is 0 Å². The first-order chi connectivity index (χ1) is 8.19. The van der Waals surface area contributed by atoms with Crippen LogP contribution in [0.25, 0.3) is 10.2 Å². The molecule has 0 radical (unpaired) electrons. The lowest BCUT2D eigenvalue weighted by molar-refractivity contribution is -0.133. The molecule has 17 heavy (non-hydrogen) atoms. The molecule has 0 bridgehead atoms. The van der Waals surface area contributed by atoms with Gasteiger partial charge in [-0.1, -0.05) is 11.8 Å². The van der Waals surface area contributed by atoms with Gasteiger partial charge in [-0.3, -0.25) is 9.59 Å². The number of thiazole rings is 1. The Balaban J connectivity index is 2.23. The second kappa shape index (κ2) is 5.15. The first kappa shape index (κ1) is 11.9. The van der Waals surface area contributed by atoms with Crippen molar-refractivity contribution in [2.45, 2.75) is 4.34 Å². The van der Waals surface area contributed by atoms with Crippen molar-refractivity contribution in [3.63, 3.8) is 0 Å². The van der Waals surface area contributed by atoms with Crippen molar-refractivity contribution < 1.29 is 14.7 Å². The van der Waals surface area contributed by atoms with Crippen LogP contribution in [0.3, 0.4) is 0 Å². The van der Waals surface area contributed by atoms with Crippen LogP contribution in [0.1, 0.15) is 0 Å². The smallest absolute Gasteiger partial charge is 0.313 e. The van der Waals surface area contributed by atoms with E-state index in [2.05, 4.69) is 10.3 Å². The van der Waals surface area contributed by atoms with Crippen LogP contribution in [0.2, 0.25) is 0 Å². The van der Waals surface area contributed by atoms with Crippen molar-refractivity contribution in [3.05, 3.63) is 18.2 Å². The first-order valence-corrected chi connectivity index (χ1v) is 6.44. The minimum absolute atomic E-state index is 0.000727. The molecule has 1 aromatic carbocycles. The van der Waals surface area contributed by atoms with Gasteiger partial charge < -0.3 is 10.4 Å². The normalized spacial score (nSPS) is 10.4. The van der Waals surface area contributed by atoms with Crippen LogP contribution in [0.15, 0.2) is 22.5 Å². The van der Waals surface area contributed by atoms with E-state index < -0.39 is 5.97 Å². The van der Waals surface area contributed by atoms with Crippen LogP contribution in [-0.4, -0.2) is 28.2 Å². The molecule has 2 aromatic rings. The number of hydrogen-bond donors (Lipinski definition) is 2. The van der Waals surface area contributed by atoms with Gasteiger partial charge in [-0.25, -0.2) is 4.98 Å². The fourth-order valence-corrected chi connectivity index (χ4v) is 3.07. The molecule has 0 aliphatic rings. The lowest BCUT2D eigenvalue weighted by atomic mass is 10.3. The van der Waals surface area contributed by atoms with E-state index in [9.17, 15) is 9.59 Å². The Morgan fingerprint density at radius 1 is 1.59 bits per heavy atom. The van der Waals surface area contributed by atoms with Crippen LogP contribution in [0.5, 0.6) is 0 Å². The summed E-state index contributed by atoms with van der Waals surface area (Å²) in [6.45, 7) is 0. The second-order valence-corrected chi connectivity index (χ2v) is 5.36. The van der Waals surface area contributed by atoms with Crippen molar-refractivity contribution in [3.8, 4) is 0 Å². The maximum Gasteiger partial charge on any atom is 0.313 e. The third-order valence-electron chi connectivity index (χ3n) is 1.91. The lowest BCUT2D eigenvalue weighted by Crippen LogP contribution is -1.96. The Morgan fingerprint density at radius 2 is 2.41 bits per heavy atom. The molecular formula is C10H8N2O3S2. The number of amides is 1. The highest BCUT2D eigenvalue weighted by molar-refractivity contribution is 8.01. The number of benzene rings is 1. The van der Waals surface area contributed by atoms with Gasteiger partial charge in [0.15, 0.2) is 4.34 Å². The predicted octanol–water partition coefficient (Wildman–Crippen LogP) is 2.04. The van der Waals surface area contributed by atoms with Crippen LogP contribution in [-0.2, 0) is 9.59 Å². The number of carboxylic acids is 1. The molecule has 1 heterocycles. The third kappa shape index (κ3) is 2.95. The number of fused-ring (bicyclic) bond motifs is 1. The summed E-state index contributed by atoms with van der Waals surface area (Å²) in [5, 5.41) is 11.1. The summed E-state index contributed by atoms with van der Waals surface area (Å²) in [5.41, 5.74) is 1.50. The van der Waals surface area contributed by atoms with E-state index in [0.29, 0.717) is 16.4 Å². The number of nitrogens with zero attached hydrogens (tertiary/aromatic N) is 1. The van der Waals surface area contributed by atoms with Gasteiger partial charge in [0.05, 0.1) is 16.0 Å². The van der Waals surface area contributed by atoms with Crippen molar-refractivity contribution in [1.82, 2.24) is 4.98 Å². The maximum absolute atomic E-state index is 10.4. The summed E-state index contributed by atoms with van der Waals surface area (Å²) in [5.74, 6) is -0.864. The van der Waals surface area contributed by atoms with Gasteiger partial charge in [0.25, 0.3) is 0 Å². The quantitative estimate of drug-likeness (QED) is 0.641. The molecule has 2 rings (SSSR count). The van der Waals surface area contributed by atoms with Gasteiger partial charge in [-0.05, 0) is 18.2 Å². The van der Waals surface area contributed by atoms with E-state index in [1.807, 2.05) is 6.07 Å². The number of thioether (sulfide) groups is 1. The minimum Gasteiger partial charge on any atom is -0.481 e.